The minimum atomic E-state index is -3.25. The van der Waals surface area contributed by atoms with Gasteiger partial charge in [0.15, 0.2) is 0 Å². The van der Waals surface area contributed by atoms with E-state index in [1.165, 1.54) is 0 Å². The molecule has 0 aromatic carbocycles. The summed E-state index contributed by atoms with van der Waals surface area (Å²) in [4.78, 5) is 2.42. The molecule has 6 nitrogen and oxygen atoms in total. The van der Waals surface area contributed by atoms with Gasteiger partial charge in [-0.15, -0.1) is 12.4 Å². The van der Waals surface area contributed by atoms with E-state index in [0.29, 0.717) is 32.2 Å². The lowest BCUT2D eigenvalue weighted by Gasteiger charge is -2.33. The van der Waals surface area contributed by atoms with E-state index in [4.69, 9.17) is 0 Å². The van der Waals surface area contributed by atoms with Crippen LogP contribution >= 0.6 is 12.4 Å². The zero-order chi connectivity index (χ0) is 13.9. The Kier molecular flexibility index (Phi) is 7.17. The molecule has 2 rings (SSSR count). The second-order valence-electron chi connectivity index (χ2n) is 5.18. The molecule has 0 amide bonds. The maximum Gasteiger partial charge on any atom is 0.282 e. The lowest BCUT2D eigenvalue weighted by Crippen LogP contribution is -2.50. The van der Waals surface area contributed by atoms with Gasteiger partial charge in [0.25, 0.3) is 10.2 Å². The third-order valence-electron chi connectivity index (χ3n) is 4.15. The zero-order valence-electron chi connectivity index (χ0n) is 12.4. The molecule has 0 radical (unpaired) electrons. The van der Waals surface area contributed by atoms with E-state index in [9.17, 15) is 8.42 Å². The summed E-state index contributed by atoms with van der Waals surface area (Å²) in [5.41, 5.74) is 0. The fourth-order valence-corrected chi connectivity index (χ4v) is 4.65. The molecule has 0 saturated carbocycles. The molecule has 0 bridgehead atoms. The predicted molar refractivity (Wildman–Crippen MR) is 83.5 cm³/mol. The first-order chi connectivity index (χ1) is 9.09. The van der Waals surface area contributed by atoms with E-state index < -0.39 is 10.2 Å². The largest absolute Gasteiger partial charge is 0.314 e. The lowest BCUT2D eigenvalue weighted by molar-refractivity contribution is 0.179. The summed E-state index contributed by atoms with van der Waals surface area (Å²) in [6, 6.07) is 0.396. The van der Waals surface area contributed by atoms with Gasteiger partial charge in [0, 0.05) is 58.4 Å². The summed E-state index contributed by atoms with van der Waals surface area (Å²) >= 11 is 0. The minimum absolute atomic E-state index is 0. The van der Waals surface area contributed by atoms with Crippen LogP contribution in [0.15, 0.2) is 0 Å². The first-order valence-electron chi connectivity index (χ1n) is 7.29. The number of nitrogens with one attached hydrogen (secondary N) is 1. The summed E-state index contributed by atoms with van der Waals surface area (Å²) in [5, 5.41) is 3.33. The van der Waals surface area contributed by atoms with Gasteiger partial charge in [-0.05, 0) is 6.42 Å². The van der Waals surface area contributed by atoms with Crippen molar-refractivity contribution < 1.29 is 8.42 Å². The maximum atomic E-state index is 12.4. The molecule has 0 aromatic rings. The highest BCUT2D eigenvalue weighted by atomic mass is 35.5. The van der Waals surface area contributed by atoms with Gasteiger partial charge in [-0.25, -0.2) is 0 Å². The molecule has 1 unspecified atom stereocenters. The van der Waals surface area contributed by atoms with Crippen molar-refractivity contribution in [1.29, 1.82) is 0 Å². The quantitative estimate of drug-likeness (QED) is 0.771. The molecule has 0 aliphatic carbocycles. The molecule has 2 saturated heterocycles. The molecule has 8 heteroatoms. The molecule has 0 spiro atoms. The number of hydrogen-bond donors (Lipinski definition) is 1. The average molecular weight is 327 g/mol. The van der Waals surface area contributed by atoms with Crippen molar-refractivity contribution in [2.75, 3.05) is 52.4 Å². The van der Waals surface area contributed by atoms with Gasteiger partial charge in [-0.2, -0.15) is 17.0 Å². The zero-order valence-corrected chi connectivity index (χ0v) is 14.0. The Morgan fingerprint density at radius 1 is 1.15 bits per heavy atom. The summed E-state index contributed by atoms with van der Waals surface area (Å²) in [6.07, 6.45) is 0.959. The van der Waals surface area contributed by atoms with Gasteiger partial charge in [-0.3, -0.25) is 4.90 Å². The highest BCUT2D eigenvalue weighted by Crippen LogP contribution is 2.21. The number of hydrogen-bond acceptors (Lipinski definition) is 4. The highest BCUT2D eigenvalue weighted by molar-refractivity contribution is 7.86. The van der Waals surface area contributed by atoms with Gasteiger partial charge in [0.2, 0.25) is 0 Å². The van der Waals surface area contributed by atoms with Crippen LogP contribution in [0.25, 0.3) is 0 Å². The maximum absolute atomic E-state index is 12.4. The molecule has 2 aliphatic rings. The Morgan fingerprint density at radius 2 is 1.75 bits per heavy atom. The summed E-state index contributed by atoms with van der Waals surface area (Å²) in [6.45, 7) is 10.3. The monoisotopic (exact) mass is 326 g/mol. The molecule has 2 fully saturated rings. The van der Waals surface area contributed by atoms with Crippen LogP contribution in [-0.2, 0) is 10.2 Å². The van der Waals surface area contributed by atoms with Crippen LogP contribution in [0.1, 0.15) is 20.3 Å². The van der Waals surface area contributed by atoms with Crippen LogP contribution in [0.5, 0.6) is 0 Å². The normalized spacial score (nSPS) is 25.9. The Labute approximate surface area is 129 Å². The van der Waals surface area contributed by atoms with Crippen molar-refractivity contribution in [3.8, 4) is 0 Å². The van der Waals surface area contributed by atoms with E-state index in [0.717, 1.165) is 32.6 Å². The Balaban J connectivity index is 0.00000200. The van der Waals surface area contributed by atoms with Crippen LogP contribution < -0.4 is 5.32 Å². The molecular weight excluding hydrogens is 300 g/mol. The van der Waals surface area contributed by atoms with E-state index in [2.05, 4.69) is 10.2 Å². The number of halogens is 1. The Morgan fingerprint density at radius 3 is 2.30 bits per heavy atom. The van der Waals surface area contributed by atoms with E-state index >= 15 is 0 Å². The van der Waals surface area contributed by atoms with Crippen molar-refractivity contribution >= 4 is 22.6 Å². The van der Waals surface area contributed by atoms with Crippen molar-refractivity contribution in [3.05, 3.63) is 0 Å². The fraction of sp³-hybridized carbons (Fsp3) is 1.00. The molecule has 0 aromatic heterocycles. The Bertz CT molecular complexity index is 383. The second-order valence-corrected chi connectivity index (χ2v) is 7.11. The van der Waals surface area contributed by atoms with E-state index in [1.54, 1.807) is 8.61 Å². The van der Waals surface area contributed by atoms with Crippen LogP contribution in [0.2, 0.25) is 0 Å². The molecular formula is C12H27ClN4O2S. The Hall–Kier alpha value is 0.0800. The van der Waals surface area contributed by atoms with Crippen molar-refractivity contribution in [2.45, 2.75) is 26.3 Å². The molecule has 1 atom stereocenters. The highest BCUT2D eigenvalue weighted by Gasteiger charge is 2.36. The molecule has 20 heavy (non-hydrogen) atoms. The summed E-state index contributed by atoms with van der Waals surface area (Å²) in [7, 11) is -3.25. The van der Waals surface area contributed by atoms with E-state index in [1.807, 2.05) is 13.8 Å². The van der Waals surface area contributed by atoms with Crippen molar-refractivity contribution in [2.24, 2.45) is 0 Å². The summed E-state index contributed by atoms with van der Waals surface area (Å²) in [5.74, 6) is 0. The number of piperazine rings is 1. The van der Waals surface area contributed by atoms with Gasteiger partial charge < -0.3 is 5.32 Å². The average Bonchev–Trinajstić information content (AvgIpc) is 2.91. The summed E-state index contributed by atoms with van der Waals surface area (Å²) < 4.78 is 28.1. The van der Waals surface area contributed by atoms with Gasteiger partial charge >= 0.3 is 0 Å². The first kappa shape index (κ1) is 18.1. The standard InChI is InChI=1S/C12H26N4O2S.ClH/c1-3-15(4-2)19(17,18)16-8-5-12(11-16)14-9-6-13-7-10-14;/h12-13H,3-11H2,1-2H3;1H. The third kappa shape index (κ3) is 3.84. The van der Waals surface area contributed by atoms with Crippen LogP contribution in [-0.4, -0.2) is 80.3 Å². The van der Waals surface area contributed by atoms with Gasteiger partial charge in [0.1, 0.15) is 0 Å². The number of nitrogens with zero attached hydrogens (tertiary/aromatic N) is 3. The topological polar surface area (TPSA) is 55.9 Å². The molecule has 2 aliphatic heterocycles. The van der Waals surface area contributed by atoms with Gasteiger partial charge in [-0.1, -0.05) is 13.8 Å². The molecule has 2 heterocycles. The van der Waals surface area contributed by atoms with Crippen LogP contribution in [0, 0.1) is 0 Å². The van der Waals surface area contributed by atoms with Crippen LogP contribution in [0.4, 0.5) is 0 Å². The van der Waals surface area contributed by atoms with Crippen LogP contribution in [0.3, 0.4) is 0 Å². The lowest BCUT2D eigenvalue weighted by atomic mass is 10.2. The fourth-order valence-electron chi connectivity index (χ4n) is 2.98. The number of rotatable bonds is 5. The predicted octanol–water partition coefficient (Wildman–Crippen LogP) is -0.0257. The minimum Gasteiger partial charge on any atom is -0.314 e. The smallest absolute Gasteiger partial charge is 0.282 e. The third-order valence-corrected chi connectivity index (χ3v) is 6.31. The second kappa shape index (κ2) is 7.91. The van der Waals surface area contributed by atoms with Crippen molar-refractivity contribution in [1.82, 2.24) is 18.8 Å². The SMILES string of the molecule is CCN(CC)S(=O)(=O)N1CCC(N2CCNCC2)C1.Cl. The first-order valence-corrected chi connectivity index (χ1v) is 8.69. The van der Waals surface area contributed by atoms with E-state index in [-0.39, 0.29) is 12.4 Å². The van der Waals surface area contributed by atoms with Gasteiger partial charge in [0.05, 0.1) is 0 Å². The van der Waals surface area contributed by atoms with Crippen molar-refractivity contribution in [3.63, 3.8) is 0 Å². The molecule has 120 valence electrons. The molecule has 1 N–H and O–H groups in total.